The monoisotopic (exact) mass is 378 g/mol. The fourth-order valence-corrected chi connectivity index (χ4v) is 7.50. The minimum atomic E-state index is -2.81. The van der Waals surface area contributed by atoms with Crippen molar-refractivity contribution in [3.8, 4) is 0 Å². The topological polar surface area (TPSA) is 66.4 Å². The van der Waals surface area contributed by atoms with Crippen LogP contribution in [-0.4, -0.2) is 67.0 Å². The summed E-state index contributed by atoms with van der Waals surface area (Å²) >= 11 is 1.83. The molecule has 3 aliphatic rings. The molecule has 25 heavy (non-hydrogen) atoms. The normalized spacial score (nSPS) is 26.4. The van der Waals surface area contributed by atoms with Crippen molar-refractivity contribution in [2.24, 2.45) is 0 Å². The smallest absolute Gasteiger partial charge is 0.151 e. The van der Waals surface area contributed by atoms with E-state index >= 15 is 0 Å². The van der Waals surface area contributed by atoms with Crippen LogP contribution in [0.2, 0.25) is 0 Å². The number of anilines is 1. The molecule has 0 radical (unpaired) electrons. The summed E-state index contributed by atoms with van der Waals surface area (Å²) in [6, 6.07) is 0.211. The molecule has 0 spiro atoms. The molecule has 0 unspecified atom stereocenters. The predicted molar refractivity (Wildman–Crippen MR) is 100 cm³/mol. The van der Waals surface area contributed by atoms with Crippen molar-refractivity contribution in [1.82, 2.24) is 14.9 Å². The van der Waals surface area contributed by atoms with Crippen LogP contribution in [0.3, 0.4) is 0 Å². The quantitative estimate of drug-likeness (QED) is 0.789. The Balaban J connectivity index is 1.37. The number of hydrogen-bond acceptors (Lipinski definition) is 7. The van der Waals surface area contributed by atoms with Gasteiger partial charge in [-0.2, -0.15) is 0 Å². The lowest BCUT2D eigenvalue weighted by Gasteiger charge is -2.38. The van der Waals surface area contributed by atoms with Crippen LogP contribution in [0.5, 0.6) is 0 Å². The molecule has 0 N–H and O–H groups in total. The summed E-state index contributed by atoms with van der Waals surface area (Å²) < 4.78 is 23.5. The Labute approximate surface area is 151 Å². The second kappa shape index (κ2) is 5.89. The van der Waals surface area contributed by atoms with Gasteiger partial charge in [0.05, 0.1) is 16.9 Å². The first-order chi connectivity index (χ1) is 12.1. The number of fused-ring (bicyclic) bond motifs is 3. The van der Waals surface area contributed by atoms with E-state index in [9.17, 15) is 8.42 Å². The van der Waals surface area contributed by atoms with Crippen LogP contribution in [0.25, 0.3) is 10.2 Å². The van der Waals surface area contributed by atoms with Gasteiger partial charge < -0.3 is 4.90 Å². The summed E-state index contributed by atoms with van der Waals surface area (Å²) in [6.07, 6.45) is 6.06. The number of aryl methyl sites for hydroxylation is 2. The van der Waals surface area contributed by atoms with Gasteiger partial charge in [0.15, 0.2) is 9.84 Å². The zero-order valence-electron chi connectivity index (χ0n) is 14.1. The summed E-state index contributed by atoms with van der Waals surface area (Å²) in [5, 5.41) is 1.27. The molecule has 2 aliphatic heterocycles. The second-order valence-corrected chi connectivity index (χ2v) is 10.6. The van der Waals surface area contributed by atoms with Crippen LogP contribution in [-0.2, 0) is 22.7 Å². The Morgan fingerprint density at radius 1 is 1.12 bits per heavy atom. The number of rotatable bonds is 2. The maximum Gasteiger partial charge on any atom is 0.151 e. The molecule has 2 aromatic heterocycles. The third kappa shape index (κ3) is 2.74. The van der Waals surface area contributed by atoms with Gasteiger partial charge in [-0.3, -0.25) is 4.90 Å². The maximum absolute atomic E-state index is 11.7. The predicted octanol–water partition coefficient (Wildman–Crippen LogP) is 1.49. The minimum absolute atomic E-state index is 0.211. The zero-order chi connectivity index (χ0) is 17.0. The van der Waals surface area contributed by atoms with Gasteiger partial charge in [0.25, 0.3) is 0 Å². The summed E-state index contributed by atoms with van der Waals surface area (Å²) in [6.45, 7) is 3.65. The first-order valence-corrected chi connectivity index (χ1v) is 11.7. The van der Waals surface area contributed by atoms with Crippen LogP contribution in [0.15, 0.2) is 6.33 Å². The lowest BCUT2D eigenvalue weighted by molar-refractivity contribution is 0.200. The average Bonchev–Trinajstić information content (AvgIpc) is 3.28. The standard InChI is InChI=1S/C17H22N4O2S2/c22-25(23)9-4-12(10-25)20-5-7-21(8-6-20)16-15-13-2-1-3-14(13)24-17(15)19-11-18-16/h11-12H,1-10H2/t12-/m0/s1. The number of sulfone groups is 1. The molecular formula is C17H22N4O2S2. The van der Waals surface area contributed by atoms with Gasteiger partial charge >= 0.3 is 0 Å². The minimum Gasteiger partial charge on any atom is -0.353 e. The summed E-state index contributed by atoms with van der Waals surface area (Å²) in [7, 11) is -2.81. The number of nitrogens with zero attached hydrogens (tertiary/aromatic N) is 4. The van der Waals surface area contributed by atoms with E-state index in [0.29, 0.717) is 11.5 Å². The highest BCUT2D eigenvalue weighted by molar-refractivity contribution is 7.91. The number of aromatic nitrogens is 2. The molecule has 8 heteroatoms. The van der Waals surface area contributed by atoms with Gasteiger partial charge in [-0.05, 0) is 31.2 Å². The molecule has 1 aliphatic carbocycles. The largest absolute Gasteiger partial charge is 0.353 e. The van der Waals surface area contributed by atoms with Crippen LogP contribution >= 0.6 is 11.3 Å². The van der Waals surface area contributed by atoms with Gasteiger partial charge in [-0.1, -0.05) is 0 Å². The third-order valence-corrected chi connectivity index (χ3v) is 8.77. The Hall–Kier alpha value is -1.25. The van der Waals surface area contributed by atoms with E-state index in [4.69, 9.17) is 0 Å². The molecule has 0 aromatic carbocycles. The fourth-order valence-electron chi connectivity index (χ4n) is 4.51. The van der Waals surface area contributed by atoms with E-state index in [-0.39, 0.29) is 6.04 Å². The Bertz CT molecular complexity index is 916. The van der Waals surface area contributed by atoms with Crippen LogP contribution in [0, 0.1) is 0 Å². The summed E-state index contributed by atoms with van der Waals surface area (Å²) in [5.41, 5.74) is 1.47. The average molecular weight is 379 g/mol. The van der Waals surface area contributed by atoms with Crippen molar-refractivity contribution in [2.45, 2.75) is 31.7 Å². The fraction of sp³-hybridized carbons (Fsp3) is 0.647. The third-order valence-electron chi connectivity index (χ3n) is 5.82. The molecule has 134 valence electrons. The van der Waals surface area contributed by atoms with Gasteiger partial charge in [0.1, 0.15) is 17.0 Å². The number of piperazine rings is 1. The van der Waals surface area contributed by atoms with Gasteiger partial charge in [-0.25, -0.2) is 18.4 Å². The van der Waals surface area contributed by atoms with Crippen molar-refractivity contribution in [1.29, 1.82) is 0 Å². The Morgan fingerprint density at radius 2 is 1.96 bits per heavy atom. The lowest BCUT2D eigenvalue weighted by Crippen LogP contribution is -2.51. The van der Waals surface area contributed by atoms with Crippen molar-refractivity contribution >= 4 is 37.2 Å². The first kappa shape index (κ1) is 16.0. The molecule has 0 saturated carbocycles. The van der Waals surface area contributed by atoms with E-state index in [1.807, 2.05) is 11.3 Å². The van der Waals surface area contributed by atoms with Gasteiger partial charge in [0.2, 0.25) is 0 Å². The number of hydrogen-bond donors (Lipinski definition) is 0. The highest BCUT2D eigenvalue weighted by atomic mass is 32.2. The Kier molecular flexibility index (Phi) is 3.76. The first-order valence-electron chi connectivity index (χ1n) is 9.05. The van der Waals surface area contributed by atoms with E-state index in [1.54, 1.807) is 6.33 Å². The SMILES string of the molecule is O=S1(=O)CC[C@H](N2CCN(c3ncnc4sc5c(c34)CCC5)CC2)C1. The number of thiophene rings is 1. The van der Waals surface area contributed by atoms with E-state index in [2.05, 4.69) is 19.8 Å². The maximum atomic E-state index is 11.7. The zero-order valence-corrected chi connectivity index (χ0v) is 15.8. The second-order valence-electron chi connectivity index (χ2n) is 7.31. The summed E-state index contributed by atoms with van der Waals surface area (Å²) in [4.78, 5) is 16.5. The van der Waals surface area contributed by atoms with E-state index < -0.39 is 9.84 Å². The van der Waals surface area contributed by atoms with Crippen LogP contribution in [0.4, 0.5) is 5.82 Å². The van der Waals surface area contributed by atoms with Crippen LogP contribution in [0.1, 0.15) is 23.3 Å². The molecule has 5 rings (SSSR count). The van der Waals surface area contributed by atoms with Crippen molar-refractivity contribution in [2.75, 3.05) is 42.6 Å². The molecule has 2 saturated heterocycles. The molecular weight excluding hydrogens is 356 g/mol. The van der Waals surface area contributed by atoms with E-state index in [0.717, 1.165) is 49.7 Å². The molecule has 0 amide bonds. The van der Waals surface area contributed by atoms with Crippen molar-refractivity contribution in [3.63, 3.8) is 0 Å². The van der Waals surface area contributed by atoms with Crippen molar-refractivity contribution in [3.05, 3.63) is 16.8 Å². The highest BCUT2D eigenvalue weighted by Gasteiger charge is 2.34. The van der Waals surface area contributed by atoms with Crippen LogP contribution < -0.4 is 4.90 Å². The molecule has 2 fully saturated rings. The van der Waals surface area contributed by atoms with Gasteiger partial charge in [0, 0.05) is 37.1 Å². The molecule has 0 bridgehead atoms. The van der Waals surface area contributed by atoms with Gasteiger partial charge in [-0.15, -0.1) is 11.3 Å². The molecule has 2 aromatic rings. The van der Waals surface area contributed by atoms with E-state index in [1.165, 1.54) is 28.7 Å². The highest BCUT2D eigenvalue weighted by Crippen LogP contribution is 2.40. The molecule has 6 nitrogen and oxygen atoms in total. The molecule has 1 atom stereocenters. The molecule has 4 heterocycles. The lowest BCUT2D eigenvalue weighted by atomic mass is 10.1. The van der Waals surface area contributed by atoms with Crippen molar-refractivity contribution < 1.29 is 8.42 Å². The Morgan fingerprint density at radius 3 is 2.72 bits per heavy atom. The summed E-state index contributed by atoms with van der Waals surface area (Å²) in [5.74, 6) is 1.77.